The molecule has 0 radical (unpaired) electrons. The maximum atomic E-state index is 11.6. The summed E-state index contributed by atoms with van der Waals surface area (Å²) in [4.78, 5) is 14.2. The highest BCUT2D eigenvalue weighted by Crippen LogP contribution is 2.30. The lowest BCUT2D eigenvalue weighted by Crippen LogP contribution is -2.12. The molecule has 28 heavy (non-hydrogen) atoms. The number of carbonyl (C=O) groups is 1. The minimum Gasteiger partial charge on any atom is -0.493 e. The molecule has 0 aliphatic carbocycles. The average molecular weight is 383 g/mol. The first-order valence-corrected chi connectivity index (χ1v) is 9.08. The number of benzene rings is 2. The number of hydrogen-bond donors (Lipinski definition) is 1. The largest absolute Gasteiger partial charge is 0.493 e. The zero-order valence-corrected chi connectivity index (χ0v) is 16.4. The van der Waals surface area contributed by atoms with Gasteiger partial charge in [-0.25, -0.2) is 4.79 Å². The van der Waals surface area contributed by atoms with Gasteiger partial charge in [0.05, 0.1) is 31.9 Å². The van der Waals surface area contributed by atoms with Gasteiger partial charge in [0.1, 0.15) is 5.75 Å². The summed E-state index contributed by atoms with van der Waals surface area (Å²) >= 11 is 0. The van der Waals surface area contributed by atoms with Gasteiger partial charge >= 0.3 is 5.97 Å². The van der Waals surface area contributed by atoms with E-state index in [1.54, 1.807) is 12.1 Å². The van der Waals surface area contributed by atoms with Gasteiger partial charge in [0.25, 0.3) is 0 Å². The maximum Gasteiger partial charge on any atom is 0.337 e. The van der Waals surface area contributed by atoms with E-state index in [0.717, 1.165) is 28.0 Å². The first kappa shape index (κ1) is 21.3. The quantitative estimate of drug-likeness (QED) is 0.225. The molecule has 0 spiro atoms. The number of azide groups is 1. The summed E-state index contributed by atoms with van der Waals surface area (Å²) in [5.41, 5.74) is 12.9. The lowest BCUT2D eigenvalue weighted by molar-refractivity contribution is 0.0600. The number of ether oxygens (including phenoxy) is 2. The van der Waals surface area contributed by atoms with Crippen LogP contribution < -0.4 is 4.74 Å². The molecule has 0 aliphatic heterocycles. The Morgan fingerprint density at radius 2 is 1.82 bits per heavy atom. The molecule has 0 aromatic heterocycles. The Bertz CT molecular complexity index is 835. The number of aliphatic hydroxyl groups is 1. The lowest BCUT2D eigenvalue weighted by atomic mass is 9.99. The molecule has 1 N–H and O–H groups in total. The standard InChI is InChI=1S/C21H25N3O4/c1-14-11-18(16-6-8-17(9-7-16)21(26)27-3)12-15(2)20(14)28-10-4-5-19(25)13-23-24-22/h6-9,11-12,19,25H,4-5,10,13H2,1-3H3. The van der Waals surface area contributed by atoms with Crippen LogP contribution in [-0.2, 0) is 4.74 Å². The van der Waals surface area contributed by atoms with Crippen molar-refractivity contribution in [3.05, 3.63) is 63.5 Å². The molecule has 0 aliphatic rings. The van der Waals surface area contributed by atoms with E-state index in [1.807, 2.05) is 38.1 Å². The summed E-state index contributed by atoms with van der Waals surface area (Å²) in [6, 6.07) is 11.4. The Morgan fingerprint density at radius 1 is 1.18 bits per heavy atom. The molecule has 0 saturated heterocycles. The number of aryl methyl sites for hydroxylation is 2. The normalized spacial score (nSPS) is 11.4. The van der Waals surface area contributed by atoms with Crippen molar-refractivity contribution in [3.63, 3.8) is 0 Å². The van der Waals surface area contributed by atoms with Crippen LogP contribution in [0.15, 0.2) is 41.5 Å². The van der Waals surface area contributed by atoms with Gasteiger partial charge in [-0.1, -0.05) is 17.2 Å². The Kier molecular flexibility index (Phi) is 7.87. The van der Waals surface area contributed by atoms with E-state index in [1.165, 1.54) is 7.11 Å². The number of carbonyl (C=O) groups excluding carboxylic acids is 1. The van der Waals surface area contributed by atoms with Crippen LogP contribution in [0.3, 0.4) is 0 Å². The Labute approximate surface area is 164 Å². The topological polar surface area (TPSA) is 105 Å². The summed E-state index contributed by atoms with van der Waals surface area (Å²) in [6.07, 6.45) is 0.538. The summed E-state index contributed by atoms with van der Waals surface area (Å²) in [7, 11) is 1.36. The molecular formula is C21H25N3O4. The Hall–Kier alpha value is -3.02. The Balaban J connectivity index is 2.02. The van der Waals surface area contributed by atoms with Gasteiger partial charge in [0.15, 0.2) is 0 Å². The van der Waals surface area contributed by atoms with E-state index in [-0.39, 0.29) is 12.5 Å². The summed E-state index contributed by atoms with van der Waals surface area (Å²) in [6.45, 7) is 4.54. The van der Waals surface area contributed by atoms with Gasteiger partial charge in [-0.2, -0.15) is 0 Å². The van der Waals surface area contributed by atoms with Crippen molar-refractivity contribution < 1.29 is 19.4 Å². The zero-order valence-electron chi connectivity index (χ0n) is 16.4. The molecule has 1 unspecified atom stereocenters. The third-order valence-electron chi connectivity index (χ3n) is 4.38. The molecule has 2 aromatic carbocycles. The van der Waals surface area contributed by atoms with E-state index in [9.17, 15) is 9.90 Å². The highest BCUT2D eigenvalue weighted by atomic mass is 16.5. The minimum atomic E-state index is -0.642. The molecule has 0 amide bonds. The number of nitrogens with zero attached hydrogens (tertiary/aromatic N) is 3. The van der Waals surface area contributed by atoms with Gasteiger partial charge in [-0.05, 0) is 78.7 Å². The molecule has 0 fully saturated rings. The first-order valence-electron chi connectivity index (χ1n) is 9.08. The van der Waals surface area contributed by atoms with Crippen molar-refractivity contribution in [1.82, 2.24) is 0 Å². The van der Waals surface area contributed by atoms with Crippen LogP contribution in [0, 0.1) is 13.8 Å². The van der Waals surface area contributed by atoms with Crippen LogP contribution in [0.1, 0.15) is 34.3 Å². The zero-order chi connectivity index (χ0) is 20.5. The summed E-state index contributed by atoms with van der Waals surface area (Å²) < 4.78 is 10.6. The van der Waals surface area contributed by atoms with Crippen LogP contribution in [0.4, 0.5) is 0 Å². The molecule has 7 heteroatoms. The van der Waals surface area contributed by atoms with Gasteiger partial charge in [-0.15, -0.1) is 0 Å². The fourth-order valence-electron chi connectivity index (χ4n) is 2.98. The van der Waals surface area contributed by atoms with Gasteiger partial charge in [0.2, 0.25) is 0 Å². The molecule has 0 bridgehead atoms. The lowest BCUT2D eigenvalue weighted by Gasteiger charge is -2.15. The monoisotopic (exact) mass is 383 g/mol. The van der Waals surface area contributed by atoms with Gasteiger partial charge in [0, 0.05) is 4.91 Å². The maximum absolute atomic E-state index is 11.6. The SMILES string of the molecule is COC(=O)c1ccc(-c2cc(C)c(OCCCC(O)CN=[N+]=[N-])c(C)c2)cc1. The van der Waals surface area contributed by atoms with Gasteiger partial charge < -0.3 is 14.6 Å². The van der Waals surface area contributed by atoms with Crippen LogP contribution in [0.5, 0.6) is 5.75 Å². The van der Waals surface area contributed by atoms with Crippen molar-refractivity contribution >= 4 is 5.97 Å². The molecule has 7 nitrogen and oxygen atoms in total. The van der Waals surface area contributed by atoms with Crippen LogP contribution >= 0.6 is 0 Å². The number of hydrogen-bond acceptors (Lipinski definition) is 5. The molecular weight excluding hydrogens is 358 g/mol. The van der Waals surface area contributed by atoms with Crippen LogP contribution in [0.25, 0.3) is 21.6 Å². The second-order valence-electron chi connectivity index (χ2n) is 6.57. The first-order chi connectivity index (χ1) is 13.5. The van der Waals surface area contributed by atoms with E-state index in [2.05, 4.69) is 10.0 Å². The smallest absolute Gasteiger partial charge is 0.337 e. The predicted octanol–water partition coefficient (Wildman–Crippen LogP) is 4.59. The summed E-state index contributed by atoms with van der Waals surface area (Å²) in [5, 5.41) is 13.0. The van der Waals surface area contributed by atoms with Crippen molar-refractivity contribution in [2.45, 2.75) is 32.8 Å². The summed E-state index contributed by atoms with van der Waals surface area (Å²) in [5.74, 6) is 0.478. The second-order valence-corrected chi connectivity index (χ2v) is 6.57. The van der Waals surface area contributed by atoms with Crippen molar-refractivity contribution in [2.75, 3.05) is 20.3 Å². The molecule has 148 valence electrons. The third-order valence-corrected chi connectivity index (χ3v) is 4.38. The fourth-order valence-corrected chi connectivity index (χ4v) is 2.98. The molecule has 0 saturated carbocycles. The van der Waals surface area contributed by atoms with E-state index in [4.69, 9.17) is 15.0 Å². The van der Waals surface area contributed by atoms with E-state index >= 15 is 0 Å². The average Bonchev–Trinajstić information content (AvgIpc) is 2.70. The van der Waals surface area contributed by atoms with E-state index < -0.39 is 6.10 Å². The minimum absolute atomic E-state index is 0.0814. The van der Waals surface area contributed by atoms with Gasteiger partial charge in [-0.3, -0.25) is 0 Å². The fraction of sp³-hybridized carbons (Fsp3) is 0.381. The number of methoxy groups -OCH3 is 1. The molecule has 2 rings (SSSR count). The highest BCUT2D eigenvalue weighted by Gasteiger charge is 2.10. The van der Waals surface area contributed by atoms with Crippen LogP contribution in [0.2, 0.25) is 0 Å². The molecule has 2 aromatic rings. The van der Waals surface area contributed by atoms with Crippen molar-refractivity contribution in [2.24, 2.45) is 5.11 Å². The third kappa shape index (κ3) is 5.74. The number of aliphatic hydroxyl groups excluding tert-OH is 1. The second kappa shape index (κ2) is 10.3. The number of rotatable bonds is 9. The van der Waals surface area contributed by atoms with Crippen molar-refractivity contribution in [1.29, 1.82) is 0 Å². The predicted molar refractivity (Wildman–Crippen MR) is 107 cm³/mol. The number of esters is 1. The Morgan fingerprint density at radius 3 is 2.39 bits per heavy atom. The molecule has 1 atom stereocenters. The van der Waals surface area contributed by atoms with Crippen LogP contribution in [-0.4, -0.2) is 37.4 Å². The van der Waals surface area contributed by atoms with Crippen molar-refractivity contribution in [3.8, 4) is 16.9 Å². The highest BCUT2D eigenvalue weighted by molar-refractivity contribution is 5.90. The molecule has 0 heterocycles. The van der Waals surface area contributed by atoms with E-state index in [0.29, 0.717) is 25.0 Å².